The molecular formula is C4H2ClN3S. The van der Waals surface area contributed by atoms with Gasteiger partial charge in [0, 0.05) is 0 Å². The van der Waals surface area contributed by atoms with Crippen LogP contribution in [0.3, 0.4) is 0 Å². The highest BCUT2D eigenvalue weighted by molar-refractivity contribution is 7.10. The summed E-state index contributed by atoms with van der Waals surface area (Å²) < 4.78 is 3.66. The van der Waals surface area contributed by atoms with Crippen LogP contribution in [0.4, 0.5) is 5.00 Å². The first kappa shape index (κ1) is 6.33. The summed E-state index contributed by atoms with van der Waals surface area (Å²) in [4.78, 5) is 0. The second kappa shape index (κ2) is 2.21. The zero-order chi connectivity index (χ0) is 6.85. The molecule has 1 aromatic heterocycles. The molecule has 0 saturated carbocycles. The van der Waals surface area contributed by atoms with Gasteiger partial charge in [-0.25, -0.2) is 0 Å². The van der Waals surface area contributed by atoms with Crippen molar-refractivity contribution in [2.75, 3.05) is 5.73 Å². The maximum absolute atomic E-state index is 8.29. The molecule has 0 aliphatic heterocycles. The van der Waals surface area contributed by atoms with E-state index in [1.54, 1.807) is 6.07 Å². The molecule has 5 heteroatoms. The molecule has 0 unspecified atom stereocenters. The predicted octanol–water partition coefficient (Wildman–Crippen LogP) is 1.25. The monoisotopic (exact) mass is 159 g/mol. The summed E-state index contributed by atoms with van der Waals surface area (Å²) in [6.07, 6.45) is 0. The van der Waals surface area contributed by atoms with Gasteiger partial charge in [-0.2, -0.15) is 9.64 Å². The van der Waals surface area contributed by atoms with E-state index in [0.29, 0.717) is 5.00 Å². The number of rotatable bonds is 0. The molecule has 0 aromatic carbocycles. The minimum absolute atomic E-state index is 0.208. The van der Waals surface area contributed by atoms with Gasteiger partial charge in [-0.1, -0.05) is 11.6 Å². The summed E-state index contributed by atoms with van der Waals surface area (Å²) in [6, 6.07) is 1.80. The lowest BCUT2D eigenvalue weighted by Gasteiger charge is -1.79. The summed E-state index contributed by atoms with van der Waals surface area (Å²) in [7, 11) is 0. The van der Waals surface area contributed by atoms with Crippen LogP contribution in [-0.4, -0.2) is 4.37 Å². The van der Waals surface area contributed by atoms with E-state index < -0.39 is 0 Å². The lowest BCUT2D eigenvalue weighted by Crippen LogP contribution is -1.78. The molecule has 46 valence electrons. The molecule has 0 bridgehead atoms. The Hall–Kier alpha value is -0.790. The van der Waals surface area contributed by atoms with Crippen molar-refractivity contribution >= 4 is 28.1 Å². The fraction of sp³-hybridized carbons (Fsp3) is 0. The Morgan fingerprint density at radius 1 is 1.78 bits per heavy atom. The van der Waals surface area contributed by atoms with Gasteiger partial charge in [0.15, 0.2) is 5.69 Å². The lowest BCUT2D eigenvalue weighted by atomic mass is 10.5. The lowest BCUT2D eigenvalue weighted by molar-refractivity contribution is 1.42. The Bertz CT molecular complexity index is 261. The van der Waals surface area contributed by atoms with Crippen LogP contribution in [-0.2, 0) is 0 Å². The van der Waals surface area contributed by atoms with Crippen molar-refractivity contribution in [3.63, 3.8) is 0 Å². The van der Waals surface area contributed by atoms with Crippen molar-refractivity contribution in [3.8, 4) is 6.07 Å². The van der Waals surface area contributed by atoms with Crippen LogP contribution in [0.5, 0.6) is 0 Å². The highest BCUT2D eigenvalue weighted by atomic mass is 35.5. The molecule has 3 nitrogen and oxygen atoms in total. The molecule has 1 rings (SSSR count). The van der Waals surface area contributed by atoms with Gasteiger partial charge in [0.1, 0.15) is 16.1 Å². The van der Waals surface area contributed by atoms with Crippen LogP contribution in [0.2, 0.25) is 5.02 Å². The van der Waals surface area contributed by atoms with Crippen LogP contribution in [0.15, 0.2) is 0 Å². The van der Waals surface area contributed by atoms with Gasteiger partial charge < -0.3 is 5.73 Å². The molecule has 1 aromatic rings. The zero-order valence-electron chi connectivity index (χ0n) is 4.26. The predicted molar refractivity (Wildman–Crippen MR) is 36.3 cm³/mol. The van der Waals surface area contributed by atoms with Gasteiger partial charge in [-0.3, -0.25) is 0 Å². The van der Waals surface area contributed by atoms with E-state index in [1.165, 1.54) is 0 Å². The molecular weight excluding hydrogens is 158 g/mol. The number of halogens is 1. The second-order valence-corrected chi connectivity index (χ2v) is 2.50. The van der Waals surface area contributed by atoms with Crippen LogP contribution < -0.4 is 5.73 Å². The zero-order valence-corrected chi connectivity index (χ0v) is 5.83. The first-order chi connectivity index (χ1) is 4.25. The summed E-state index contributed by atoms with van der Waals surface area (Å²) in [5.74, 6) is 0. The van der Waals surface area contributed by atoms with E-state index in [-0.39, 0.29) is 10.7 Å². The molecule has 0 saturated heterocycles. The standard InChI is InChI=1S/C4H2ClN3S/c5-3-2(1-6)8-9-4(3)7/h7H2. The Balaban J connectivity index is 3.24. The second-order valence-electron chi connectivity index (χ2n) is 1.32. The van der Waals surface area contributed by atoms with E-state index in [4.69, 9.17) is 22.6 Å². The van der Waals surface area contributed by atoms with Gasteiger partial charge in [-0.05, 0) is 11.5 Å². The fourth-order valence-electron chi connectivity index (χ4n) is 0.361. The van der Waals surface area contributed by atoms with Gasteiger partial charge in [-0.15, -0.1) is 0 Å². The summed E-state index contributed by atoms with van der Waals surface area (Å²) >= 11 is 6.54. The van der Waals surface area contributed by atoms with Crippen molar-refractivity contribution in [2.45, 2.75) is 0 Å². The van der Waals surface area contributed by atoms with Crippen molar-refractivity contribution in [1.82, 2.24) is 4.37 Å². The average Bonchev–Trinajstić information content (AvgIpc) is 2.15. The Morgan fingerprint density at radius 3 is 2.67 bits per heavy atom. The number of hydrogen-bond acceptors (Lipinski definition) is 4. The Kier molecular flexibility index (Phi) is 1.56. The quantitative estimate of drug-likeness (QED) is 0.620. The molecule has 0 aliphatic rings. The first-order valence-electron chi connectivity index (χ1n) is 2.06. The highest BCUT2D eigenvalue weighted by Gasteiger charge is 2.06. The van der Waals surface area contributed by atoms with Gasteiger partial charge >= 0.3 is 0 Å². The summed E-state index contributed by atoms with van der Waals surface area (Å²) in [5.41, 5.74) is 5.50. The van der Waals surface area contributed by atoms with Crippen LogP contribution in [0.1, 0.15) is 5.69 Å². The number of anilines is 1. The molecule has 0 aliphatic carbocycles. The van der Waals surface area contributed by atoms with Gasteiger partial charge in [0.25, 0.3) is 0 Å². The largest absolute Gasteiger partial charge is 0.388 e. The number of hydrogen-bond donors (Lipinski definition) is 1. The molecule has 0 radical (unpaired) electrons. The topological polar surface area (TPSA) is 62.7 Å². The molecule has 0 spiro atoms. The van der Waals surface area contributed by atoms with E-state index in [2.05, 4.69) is 4.37 Å². The number of nitrogen functional groups attached to an aromatic ring is 1. The SMILES string of the molecule is N#Cc1nsc(N)c1Cl. The minimum Gasteiger partial charge on any atom is -0.388 e. The summed E-state index contributed by atoms with van der Waals surface area (Å²) in [5, 5.41) is 8.95. The third-order valence-corrected chi connectivity index (χ3v) is 1.93. The van der Waals surface area contributed by atoms with Crippen LogP contribution in [0.25, 0.3) is 0 Å². The number of nitriles is 1. The smallest absolute Gasteiger partial charge is 0.175 e. The maximum Gasteiger partial charge on any atom is 0.175 e. The molecule has 0 amide bonds. The van der Waals surface area contributed by atoms with E-state index in [9.17, 15) is 0 Å². The number of nitrogens with zero attached hydrogens (tertiary/aromatic N) is 2. The van der Waals surface area contributed by atoms with Crippen LogP contribution in [0, 0.1) is 11.3 Å². The average molecular weight is 160 g/mol. The molecule has 1 heterocycles. The molecule has 0 fully saturated rings. The normalized spacial score (nSPS) is 8.89. The number of aromatic nitrogens is 1. The third-order valence-electron chi connectivity index (χ3n) is 0.765. The van der Waals surface area contributed by atoms with Crippen molar-refractivity contribution in [2.24, 2.45) is 0 Å². The molecule has 2 N–H and O–H groups in total. The Morgan fingerprint density at radius 2 is 2.44 bits per heavy atom. The van der Waals surface area contributed by atoms with Crippen molar-refractivity contribution in [1.29, 1.82) is 5.26 Å². The van der Waals surface area contributed by atoms with E-state index in [1.807, 2.05) is 0 Å². The fourth-order valence-corrected chi connectivity index (χ4v) is 1.10. The first-order valence-corrected chi connectivity index (χ1v) is 3.21. The maximum atomic E-state index is 8.29. The molecule has 0 atom stereocenters. The van der Waals surface area contributed by atoms with E-state index >= 15 is 0 Å². The van der Waals surface area contributed by atoms with Crippen molar-refractivity contribution in [3.05, 3.63) is 10.7 Å². The van der Waals surface area contributed by atoms with Crippen LogP contribution >= 0.6 is 23.1 Å². The molecule has 9 heavy (non-hydrogen) atoms. The Labute approximate surface area is 60.8 Å². The van der Waals surface area contributed by atoms with Gasteiger partial charge in [0.05, 0.1) is 0 Å². The highest BCUT2D eigenvalue weighted by Crippen LogP contribution is 2.25. The van der Waals surface area contributed by atoms with Gasteiger partial charge in [0.2, 0.25) is 0 Å². The van der Waals surface area contributed by atoms with Crippen molar-refractivity contribution < 1.29 is 0 Å². The van der Waals surface area contributed by atoms with E-state index in [0.717, 1.165) is 11.5 Å². The third kappa shape index (κ3) is 0.969. The number of nitrogens with two attached hydrogens (primary N) is 1. The minimum atomic E-state index is 0.208. The summed E-state index contributed by atoms with van der Waals surface area (Å²) in [6.45, 7) is 0.